The van der Waals surface area contributed by atoms with Gasteiger partial charge in [0, 0.05) is 19.4 Å². The molecule has 0 bridgehead atoms. The zero-order valence-electron chi connectivity index (χ0n) is 9.75. The predicted molar refractivity (Wildman–Crippen MR) is 65.7 cm³/mol. The molecule has 2 heterocycles. The van der Waals surface area contributed by atoms with Gasteiger partial charge in [0.05, 0.1) is 12.7 Å². The summed E-state index contributed by atoms with van der Waals surface area (Å²) in [6.45, 7) is 0.398. The van der Waals surface area contributed by atoms with Crippen LogP contribution in [0.2, 0.25) is 0 Å². The summed E-state index contributed by atoms with van der Waals surface area (Å²) in [6, 6.07) is 3.77. The maximum atomic E-state index is 8.96. The minimum atomic E-state index is 0.380. The molecule has 0 fully saturated rings. The molecule has 7 heteroatoms. The Morgan fingerprint density at radius 1 is 1.28 bits per heavy atom. The average molecular weight is 241 g/mol. The second-order valence-electron chi connectivity index (χ2n) is 3.34. The van der Waals surface area contributed by atoms with Crippen LogP contribution in [0.1, 0.15) is 11.4 Å². The highest BCUT2D eigenvalue weighted by molar-refractivity contribution is 5.53. The van der Waals surface area contributed by atoms with E-state index in [1.807, 2.05) is 6.07 Å². The zero-order chi connectivity index (χ0) is 12.8. The van der Waals surface area contributed by atoms with E-state index in [1.54, 1.807) is 25.5 Å². The maximum absolute atomic E-state index is 8.96. The van der Waals surface area contributed by atoms with Gasteiger partial charge in [0.2, 0.25) is 5.95 Å². The normalized spacial score (nSPS) is 9.56. The van der Waals surface area contributed by atoms with E-state index in [2.05, 4.69) is 30.6 Å². The molecule has 2 aromatic rings. The minimum Gasteiger partial charge on any atom is -0.362 e. The first-order chi connectivity index (χ1) is 8.83. The SMILES string of the molecule is CNc1ncc(C#N)c(NCc2ncccn2)n1. The van der Waals surface area contributed by atoms with Gasteiger partial charge in [-0.1, -0.05) is 0 Å². The van der Waals surface area contributed by atoms with Crippen molar-refractivity contribution >= 4 is 11.8 Å². The highest BCUT2D eigenvalue weighted by Gasteiger charge is 2.06. The lowest BCUT2D eigenvalue weighted by Gasteiger charge is -2.07. The first-order valence-electron chi connectivity index (χ1n) is 5.28. The molecule has 2 rings (SSSR count). The van der Waals surface area contributed by atoms with Crippen LogP contribution in [0.5, 0.6) is 0 Å². The second kappa shape index (κ2) is 5.54. The molecule has 0 aliphatic carbocycles. The Labute approximate surface area is 104 Å². The van der Waals surface area contributed by atoms with Crippen molar-refractivity contribution in [2.45, 2.75) is 6.54 Å². The number of hydrogen-bond donors (Lipinski definition) is 2. The van der Waals surface area contributed by atoms with Crippen LogP contribution in [0.4, 0.5) is 11.8 Å². The molecule has 0 spiro atoms. The molecule has 0 atom stereocenters. The monoisotopic (exact) mass is 241 g/mol. The van der Waals surface area contributed by atoms with E-state index in [0.29, 0.717) is 29.7 Å². The summed E-state index contributed by atoms with van der Waals surface area (Å²) in [6.07, 6.45) is 4.79. The third-order valence-electron chi connectivity index (χ3n) is 2.17. The summed E-state index contributed by atoms with van der Waals surface area (Å²) < 4.78 is 0. The van der Waals surface area contributed by atoms with Crippen molar-refractivity contribution in [1.29, 1.82) is 5.26 Å². The summed E-state index contributed by atoms with van der Waals surface area (Å²) in [5.41, 5.74) is 0.380. The van der Waals surface area contributed by atoms with Crippen LogP contribution in [-0.2, 0) is 6.54 Å². The molecule has 2 N–H and O–H groups in total. The van der Waals surface area contributed by atoms with Crippen molar-refractivity contribution in [3.05, 3.63) is 36.0 Å². The van der Waals surface area contributed by atoms with Crippen molar-refractivity contribution in [1.82, 2.24) is 19.9 Å². The first kappa shape index (κ1) is 11.7. The number of hydrogen-bond acceptors (Lipinski definition) is 7. The zero-order valence-corrected chi connectivity index (χ0v) is 9.75. The van der Waals surface area contributed by atoms with Crippen LogP contribution in [0.15, 0.2) is 24.7 Å². The fraction of sp³-hybridized carbons (Fsp3) is 0.182. The number of nitriles is 1. The average Bonchev–Trinajstić information content (AvgIpc) is 2.45. The molecule has 0 aliphatic heterocycles. The summed E-state index contributed by atoms with van der Waals surface area (Å²) in [5, 5.41) is 14.8. The molecule has 7 nitrogen and oxygen atoms in total. The molecular weight excluding hydrogens is 230 g/mol. The Bertz CT molecular complexity index is 561. The molecule has 0 amide bonds. The van der Waals surface area contributed by atoms with E-state index in [0.717, 1.165) is 0 Å². The number of aromatic nitrogens is 4. The highest BCUT2D eigenvalue weighted by atomic mass is 15.1. The van der Waals surface area contributed by atoms with E-state index in [1.165, 1.54) is 6.20 Å². The van der Waals surface area contributed by atoms with Crippen molar-refractivity contribution in [3.8, 4) is 6.07 Å². The Morgan fingerprint density at radius 3 is 2.72 bits per heavy atom. The molecule has 0 radical (unpaired) electrons. The first-order valence-corrected chi connectivity index (χ1v) is 5.28. The molecule has 0 saturated carbocycles. The second-order valence-corrected chi connectivity index (χ2v) is 3.34. The lowest BCUT2D eigenvalue weighted by molar-refractivity contribution is 0.937. The van der Waals surface area contributed by atoms with Gasteiger partial charge in [-0.05, 0) is 6.07 Å². The van der Waals surface area contributed by atoms with Gasteiger partial charge in [-0.3, -0.25) is 0 Å². The fourth-order valence-corrected chi connectivity index (χ4v) is 1.30. The third kappa shape index (κ3) is 2.68. The predicted octanol–water partition coefficient (Wildman–Crippen LogP) is 0.792. The van der Waals surface area contributed by atoms with Gasteiger partial charge in [0.25, 0.3) is 0 Å². The number of anilines is 2. The standard InChI is InChI=1S/C11H11N7/c1-13-11-17-6-8(5-12)10(18-11)16-7-9-14-3-2-4-15-9/h2-4,6H,7H2,1H3,(H2,13,16,17,18). The van der Waals surface area contributed by atoms with Crippen molar-refractivity contribution in [2.75, 3.05) is 17.7 Å². The van der Waals surface area contributed by atoms with Crippen LogP contribution in [-0.4, -0.2) is 27.0 Å². The summed E-state index contributed by atoms with van der Waals surface area (Å²) in [4.78, 5) is 16.3. The van der Waals surface area contributed by atoms with E-state index < -0.39 is 0 Å². The fourth-order valence-electron chi connectivity index (χ4n) is 1.30. The molecule has 0 unspecified atom stereocenters. The Morgan fingerprint density at radius 2 is 2.06 bits per heavy atom. The van der Waals surface area contributed by atoms with Crippen molar-refractivity contribution in [2.24, 2.45) is 0 Å². The van der Waals surface area contributed by atoms with Crippen molar-refractivity contribution < 1.29 is 0 Å². The van der Waals surface area contributed by atoms with Crippen LogP contribution < -0.4 is 10.6 Å². The quantitative estimate of drug-likeness (QED) is 0.816. The molecule has 0 aliphatic rings. The molecule has 0 aromatic carbocycles. The summed E-state index contributed by atoms with van der Waals surface area (Å²) in [7, 11) is 1.71. The van der Waals surface area contributed by atoms with Crippen LogP contribution >= 0.6 is 0 Å². The van der Waals surface area contributed by atoms with E-state index >= 15 is 0 Å². The van der Waals surface area contributed by atoms with Crippen LogP contribution in [0, 0.1) is 11.3 Å². The smallest absolute Gasteiger partial charge is 0.224 e. The molecular formula is C11H11N7. The Kier molecular flexibility index (Phi) is 3.61. The third-order valence-corrected chi connectivity index (χ3v) is 2.17. The topological polar surface area (TPSA) is 99.4 Å². The Balaban J connectivity index is 2.15. The van der Waals surface area contributed by atoms with Crippen LogP contribution in [0.3, 0.4) is 0 Å². The van der Waals surface area contributed by atoms with E-state index in [-0.39, 0.29) is 0 Å². The summed E-state index contributed by atoms with van der Waals surface area (Å²) in [5.74, 6) is 1.54. The van der Waals surface area contributed by atoms with E-state index in [9.17, 15) is 0 Å². The molecule has 0 saturated heterocycles. The lowest BCUT2D eigenvalue weighted by atomic mass is 10.3. The molecule has 2 aromatic heterocycles. The number of rotatable bonds is 4. The van der Waals surface area contributed by atoms with Gasteiger partial charge in [-0.2, -0.15) is 10.2 Å². The van der Waals surface area contributed by atoms with E-state index in [4.69, 9.17) is 5.26 Å². The van der Waals surface area contributed by atoms with Gasteiger partial charge in [0.1, 0.15) is 23.3 Å². The number of nitrogens with zero attached hydrogens (tertiary/aromatic N) is 5. The van der Waals surface area contributed by atoms with Gasteiger partial charge >= 0.3 is 0 Å². The van der Waals surface area contributed by atoms with Gasteiger partial charge in [-0.25, -0.2) is 15.0 Å². The largest absolute Gasteiger partial charge is 0.362 e. The van der Waals surface area contributed by atoms with Crippen LogP contribution in [0.25, 0.3) is 0 Å². The van der Waals surface area contributed by atoms with Crippen molar-refractivity contribution in [3.63, 3.8) is 0 Å². The van der Waals surface area contributed by atoms with Gasteiger partial charge in [-0.15, -0.1) is 0 Å². The van der Waals surface area contributed by atoms with Gasteiger partial charge in [0.15, 0.2) is 0 Å². The maximum Gasteiger partial charge on any atom is 0.224 e. The Hall–Kier alpha value is -2.75. The molecule has 18 heavy (non-hydrogen) atoms. The van der Waals surface area contributed by atoms with Gasteiger partial charge < -0.3 is 10.6 Å². The highest BCUT2D eigenvalue weighted by Crippen LogP contribution is 2.12. The summed E-state index contributed by atoms with van der Waals surface area (Å²) >= 11 is 0. The molecule has 90 valence electrons. The lowest BCUT2D eigenvalue weighted by Crippen LogP contribution is -2.08. The number of nitrogens with one attached hydrogen (secondary N) is 2. The minimum absolute atomic E-state index is 0.380.